The Morgan fingerprint density at radius 3 is 1.93 bits per heavy atom. The van der Waals surface area contributed by atoms with Gasteiger partial charge in [-0.25, -0.2) is 0 Å². The highest BCUT2D eigenvalue weighted by molar-refractivity contribution is 4.80. The molecule has 2 heteroatoms. The van der Waals surface area contributed by atoms with E-state index in [9.17, 15) is 5.11 Å². The van der Waals surface area contributed by atoms with Gasteiger partial charge >= 0.3 is 0 Å². The number of quaternary nitrogens is 1. The molecule has 1 aliphatic rings. The van der Waals surface area contributed by atoms with E-state index < -0.39 is 0 Å². The third-order valence-corrected chi connectivity index (χ3v) is 3.82. The molecule has 0 bridgehead atoms. The number of rotatable bonds is 0. The zero-order valence-corrected chi connectivity index (χ0v) is 11.2. The van der Waals surface area contributed by atoms with Crippen LogP contribution < -0.4 is 4.90 Å². The molecule has 0 amide bonds. The predicted octanol–water partition coefficient (Wildman–Crippen LogP) is 1.10. The number of hydrogen-bond donors (Lipinski definition) is 2. The Hall–Kier alpha value is -0.0800. The third kappa shape index (κ3) is 3.46. The van der Waals surface area contributed by atoms with Crippen LogP contribution in [-0.2, 0) is 0 Å². The Bertz CT molecular complexity index is 190. The molecule has 0 aromatic rings. The van der Waals surface area contributed by atoms with E-state index in [-0.39, 0.29) is 11.6 Å². The summed E-state index contributed by atoms with van der Waals surface area (Å²) in [4.78, 5) is 1.54. The van der Waals surface area contributed by atoms with E-state index in [4.69, 9.17) is 0 Å². The van der Waals surface area contributed by atoms with Gasteiger partial charge in [0.1, 0.15) is 12.6 Å². The summed E-state index contributed by atoms with van der Waals surface area (Å²) in [6.07, 6.45) is 0.862. The monoisotopic (exact) mass is 214 g/mol. The Labute approximate surface area is 94.7 Å². The number of aliphatic hydroxyl groups is 1. The molecule has 2 nitrogen and oxygen atoms in total. The van der Waals surface area contributed by atoms with Crippen molar-refractivity contribution >= 4 is 0 Å². The first kappa shape index (κ1) is 13.0. The van der Waals surface area contributed by atoms with Crippen LogP contribution in [0.25, 0.3) is 0 Å². The zero-order valence-electron chi connectivity index (χ0n) is 11.2. The minimum absolute atomic E-state index is 0.114. The Balaban J connectivity index is 2.73. The molecule has 15 heavy (non-hydrogen) atoms. The number of hydrogen-bond acceptors (Lipinski definition) is 1. The molecule has 1 rings (SSSR count). The van der Waals surface area contributed by atoms with Gasteiger partial charge in [0.15, 0.2) is 0 Å². The van der Waals surface area contributed by atoms with Crippen LogP contribution in [0.1, 0.15) is 48.0 Å². The van der Waals surface area contributed by atoms with Crippen molar-refractivity contribution in [3.8, 4) is 0 Å². The maximum atomic E-state index is 9.96. The van der Waals surface area contributed by atoms with E-state index >= 15 is 0 Å². The second kappa shape index (κ2) is 4.06. The van der Waals surface area contributed by atoms with Crippen molar-refractivity contribution in [1.82, 2.24) is 0 Å². The number of piperidine rings is 1. The number of nitrogens with one attached hydrogen (secondary N) is 1. The molecule has 0 aromatic heterocycles. The summed E-state index contributed by atoms with van der Waals surface area (Å²) in [6.45, 7) is 15.8. The Morgan fingerprint density at radius 2 is 1.53 bits per heavy atom. The van der Waals surface area contributed by atoms with Crippen LogP contribution in [0.15, 0.2) is 0 Å². The van der Waals surface area contributed by atoms with Gasteiger partial charge in [0, 0.05) is 5.92 Å². The summed E-state index contributed by atoms with van der Waals surface area (Å²) in [7, 11) is 0. The van der Waals surface area contributed by atoms with Crippen molar-refractivity contribution in [3.63, 3.8) is 0 Å². The molecule has 0 aliphatic carbocycles. The molecule has 0 spiro atoms. The van der Waals surface area contributed by atoms with Crippen molar-refractivity contribution in [1.29, 1.82) is 0 Å². The van der Waals surface area contributed by atoms with Crippen LogP contribution in [0, 0.1) is 11.3 Å². The van der Waals surface area contributed by atoms with Gasteiger partial charge in [-0.1, -0.05) is 20.8 Å². The summed E-state index contributed by atoms with van der Waals surface area (Å²) in [5.74, 6) is 0.635. The second-order valence-corrected chi connectivity index (χ2v) is 7.21. The van der Waals surface area contributed by atoms with Gasteiger partial charge in [-0.2, -0.15) is 0 Å². The van der Waals surface area contributed by atoms with Gasteiger partial charge in [0.05, 0.1) is 12.1 Å². The van der Waals surface area contributed by atoms with Gasteiger partial charge in [-0.05, 0) is 32.6 Å². The first-order valence-electron chi connectivity index (χ1n) is 6.14. The lowest BCUT2D eigenvalue weighted by atomic mass is 9.75. The molecule has 1 saturated heterocycles. The van der Waals surface area contributed by atoms with Crippen molar-refractivity contribution in [3.05, 3.63) is 0 Å². The molecule has 1 fully saturated rings. The van der Waals surface area contributed by atoms with Crippen molar-refractivity contribution in [2.45, 2.75) is 59.6 Å². The first-order chi connectivity index (χ1) is 6.60. The fraction of sp³-hybridized carbons (Fsp3) is 1.00. The van der Waals surface area contributed by atoms with Crippen LogP contribution >= 0.6 is 0 Å². The zero-order chi connectivity index (χ0) is 11.9. The molecule has 3 atom stereocenters. The van der Waals surface area contributed by atoms with E-state index in [2.05, 4.69) is 41.5 Å². The van der Waals surface area contributed by atoms with E-state index in [1.165, 1.54) is 6.54 Å². The molecule has 0 aromatic carbocycles. The minimum Gasteiger partial charge on any atom is -0.387 e. The molecular formula is C13H28NO+. The summed E-state index contributed by atoms with van der Waals surface area (Å²) < 4.78 is 0. The van der Waals surface area contributed by atoms with E-state index in [1.807, 2.05) is 0 Å². The van der Waals surface area contributed by atoms with E-state index in [0.717, 1.165) is 13.0 Å². The normalized spacial score (nSPS) is 34.2. The first-order valence-corrected chi connectivity index (χ1v) is 6.14. The van der Waals surface area contributed by atoms with Crippen LogP contribution in [0.2, 0.25) is 0 Å². The topological polar surface area (TPSA) is 24.7 Å². The molecule has 1 aliphatic heterocycles. The highest BCUT2D eigenvalue weighted by Gasteiger charge is 2.40. The minimum atomic E-state index is -0.114. The fourth-order valence-corrected chi connectivity index (χ4v) is 2.43. The van der Waals surface area contributed by atoms with Crippen LogP contribution in [0.3, 0.4) is 0 Å². The largest absolute Gasteiger partial charge is 0.387 e. The maximum absolute atomic E-state index is 9.96. The van der Waals surface area contributed by atoms with Gasteiger partial charge in [-0.3, -0.25) is 0 Å². The maximum Gasteiger partial charge on any atom is 0.104 e. The van der Waals surface area contributed by atoms with Crippen LogP contribution in [0.4, 0.5) is 0 Å². The highest BCUT2D eigenvalue weighted by atomic mass is 16.3. The van der Waals surface area contributed by atoms with Gasteiger partial charge < -0.3 is 10.0 Å². The van der Waals surface area contributed by atoms with Crippen LogP contribution in [0.5, 0.6) is 0 Å². The third-order valence-electron chi connectivity index (χ3n) is 3.82. The average molecular weight is 214 g/mol. The summed E-state index contributed by atoms with van der Waals surface area (Å²) in [5.41, 5.74) is 0.572. The smallest absolute Gasteiger partial charge is 0.104 e. The SMILES string of the molecule is CC(C)(C)[C@@H]1C[C@H](O)C[NH+](C(C)(C)C)C1. The molecule has 0 radical (unpaired) electrons. The lowest BCUT2D eigenvalue weighted by molar-refractivity contribution is -0.958. The van der Waals surface area contributed by atoms with Crippen molar-refractivity contribution in [2.75, 3.05) is 13.1 Å². The number of aliphatic hydroxyl groups excluding tert-OH is 1. The number of likely N-dealkylation sites (tertiary alicyclic amines) is 1. The lowest BCUT2D eigenvalue weighted by Gasteiger charge is -2.44. The molecule has 1 unspecified atom stereocenters. The Morgan fingerprint density at radius 1 is 1.00 bits per heavy atom. The molecule has 0 saturated carbocycles. The van der Waals surface area contributed by atoms with E-state index in [1.54, 1.807) is 4.90 Å². The quantitative estimate of drug-likeness (QED) is 0.620. The summed E-state index contributed by atoms with van der Waals surface area (Å²) >= 11 is 0. The van der Waals surface area contributed by atoms with Gasteiger partial charge in [0.25, 0.3) is 0 Å². The standard InChI is InChI=1S/C13H27NO/c1-12(2,3)10-7-11(15)9-14(8-10)13(4,5)6/h10-11,15H,7-9H2,1-6H3/p+1/t10-,11+/m1/s1. The highest BCUT2D eigenvalue weighted by Crippen LogP contribution is 2.30. The second-order valence-electron chi connectivity index (χ2n) is 7.21. The molecule has 90 valence electrons. The van der Waals surface area contributed by atoms with Crippen LogP contribution in [-0.4, -0.2) is 29.8 Å². The van der Waals surface area contributed by atoms with E-state index in [0.29, 0.717) is 11.3 Å². The predicted molar refractivity (Wildman–Crippen MR) is 64.0 cm³/mol. The summed E-state index contributed by atoms with van der Waals surface area (Å²) in [5, 5.41) is 9.96. The molecular weight excluding hydrogens is 186 g/mol. The summed E-state index contributed by atoms with van der Waals surface area (Å²) in [6, 6.07) is 0. The van der Waals surface area contributed by atoms with Gasteiger partial charge in [0.2, 0.25) is 0 Å². The van der Waals surface area contributed by atoms with Gasteiger partial charge in [-0.15, -0.1) is 0 Å². The Kier molecular flexibility index (Phi) is 3.52. The fourth-order valence-electron chi connectivity index (χ4n) is 2.43. The molecule has 1 heterocycles. The molecule has 2 N–H and O–H groups in total. The lowest BCUT2D eigenvalue weighted by Crippen LogP contribution is -3.21. The van der Waals surface area contributed by atoms with Crippen molar-refractivity contribution in [2.24, 2.45) is 11.3 Å². The average Bonchev–Trinajstić information content (AvgIpc) is 1.99. The van der Waals surface area contributed by atoms with Crippen molar-refractivity contribution < 1.29 is 10.0 Å².